The van der Waals surface area contributed by atoms with Gasteiger partial charge in [0.2, 0.25) is 0 Å². The first-order chi connectivity index (χ1) is 7.22. The fraction of sp³-hybridized carbons (Fsp3) is 0.750. The maximum atomic E-state index is 4.43. The van der Waals surface area contributed by atoms with Gasteiger partial charge in [0.05, 0.1) is 6.20 Å². The van der Waals surface area contributed by atoms with Crippen LogP contribution in [0.4, 0.5) is 0 Å². The van der Waals surface area contributed by atoms with Crippen molar-refractivity contribution >= 4 is 0 Å². The van der Waals surface area contributed by atoms with Crippen LogP contribution in [0.2, 0.25) is 0 Å². The third-order valence-corrected chi connectivity index (χ3v) is 3.48. The van der Waals surface area contributed by atoms with Crippen LogP contribution in [0.1, 0.15) is 36.9 Å². The van der Waals surface area contributed by atoms with E-state index in [1.807, 2.05) is 6.20 Å². The van der Waals surface area contributed by atoms with Gasteiger partial charge < -0.3 is 4.90 Å². The third kappa shape index (κ3) is 2.07. The van der Waals surface area contributed by atoms with Gasteiger partial charge in [0.25, 0.3) is 0 Å². The van der Waals surface area contributed by atoms with Gasteiger partial charge >= 0.3 is 0 Å². The summed E-state index contributed by atoms with van der Waals surface area (Å²) in [6.07, 6.45) is 4.57. The van der Waals surface area contributed by atoms with Gasteiger partial charge in [0.15, 0.2) is 0 Å². The molecule has 0 amide bonds. The van der Waals surface area contributed by atoms with Crippen molar-refractivity contribution in [3.8, 4) is 0 Å². The summed E-state index contributed by atoms with van der Waals surface area (Å²) in [5.41, 5.74) is 2.84. The van der Waals surface area contributed by atoms with Crippen LogP contribution in [0.3, 0.4) is 0 Å². The van der Waals surface area contributed by atoms with Gasteiger partial charge in [-0.15, -0.1) is 0 Å². The van der Waals surface area contributed by atoms with Crippen LogP contribution in [-0.2, 0) is 6.54 Å². The Morgan fingerprint density at radius 1 is 1.40 bits per heavy atom. The lowest BCUT2D eigenvalue weighted by atomic mass is 9.91. The molecule has 1 saturated heterocycles. The van der Waals surface area contributed by atoms with Crippen LogP contribution in [0.15, 0.2) is 6.20 Å². The highest BCUT2D eigenvalue weighted by molar-refractivity contribution is 5.20. The van der Waals surface area contributed by atoms with Crippen molar-refractivity contribution in [3.63, 3.8) is 0 Å². The molecule has 0 saturated carbocycles. The zero-order valence-electron chi connectivity index (χ0n) is 10.0. The van der Waals surface area contributed by atoms with E-state index in [0.717, 1.165) is 12.5 Å². The summed E-state index contributed by atoms with van der Waals surface area (Å²) in [6, 6.07) is 0. The maximum Gasteiger partial charge on any atom is 0.0521 e. The van der Waals surface area contributed by atoms with Crippen molar-refractivity contribution in [2.45, 2.75) is 39.2 Å². The second-order valence-electron chi connectivity index (χ2n) is 4.61. The molecule has 0 bridgehead atoms. The number of likely N-dealkylation sites (tertiary alicyclic amines) is 1. The number of nitrogens with zero attached hydrogens (tertiary/aromatic N) is 3. The van der Waals surface area contributed by atoms with Gasteiger partial charge in [0.1, 0.15) is 0 Å². The van der Waals surface area contributed by atoms with Crippen molar-refractivity contribution in [1.29, 1.82) is 0 Å². The van der Waals surface area contributed by atoms with E-state index in [1.54, 1.807) is 0 Å². The van der Waals surface area contributed by atoms with Crippen molar-refractivity contribution in [3.05, 3.63) is 17.5 Å². The predicted octanol–water partition coefficient (Wildman–Crippen LogP) is 2.02. The van der Waals surface area contributed by atoms with Crippen LogP contribution in [0, 0.1) is 6.92 Å². The van der Waals surface area contributed by atoms with Crippen LogP contribution >= 0.6 is 0 Å². The van der Waals surface area contributed by atoms with Crippen molar-refractivity contribution in [1.82, 2.24) is 14.7 Å². The average molecular weight is 207 g/mol. The quantitative estimate of drug-likeness (QED) is 0.740. The number of aryl methyl sites for hydroxylation is 2. The maximum absolute atomic E-state index is 4.43. The summed E-state index contributed by atoms with van der Waals surface area (Å²) in [4.78, 5) is 2.42. The zero-order chi connectivity index (χ0) is 10.8. The first kappa shape index (κ1) is 10.7. The third-order valence-electron chi connectivity index (χ3n) is 3.48. The van der Waals surface area contributed by atoms with Crippen LogP contribution in [0.25, 0.3) is 0 Å². The van der Waals surface area contributed by atoms with Gasteiger partial charge in [0, 0.05) is 18.2 Å². The van der Waals surface area contributed by atoms with Gasteiger partial charge in [-0.1, -0.05) is 0 Å². The normalized spacial score (nSPS) is 19.7. The predicted molar refractivity (Wildman–Crippen MR) is 62.1 cm³/mol. The second kappa shape index (κ2) is 4.35. The summed E-state index contributed by atoms with van der Waals surface area (Å²) in [5, 5.41) is 4.43. The Bertz CT molecular complexity index is 322. The minimum absolute atomic E-state index is 0.726. The van der Waals surface area contributed by atoms with E-state index in [0.29, 0.717) is 0 Å². The molecule has 1 aromatic rings. The standard InChI is InChI=1S/C12H21N3/c1-4-15-12(10(2)9-13-15)11-5-7-14(3)8-6-11/h9,11H,4-8H2,1-3H3. The number of piperidine rings is 1. The van der Waals surface area contributed by atoms with E-state index in [2.05, 4.69) is 35.6 Å². The Morgan fingerprint density at radius 2 is 2.07 bits per heavy atom. The lowest BCUT2D eigenvalue weighted by Gasteiger charge is -2.29. The van der Waals surface area contributed by atoms with Gasteiger partial charge in [-0.3, -0.25) is 4.68 Å². The first-order valence-corrected chi connectivity index (χ1v) is 5.93. The molecule has 2 heterocycles. The highest BCUT2D eigenvalue weighted by Gasteiger charge is 2.22. The molecule has 1 aliphatic heterocycles. The topological polar surface area (TPSA) is 21.1 Å². The Kier molecular flexibility index (Phi) is 3.10. The summed E-state index contributed by atoms with van der Waals surface area (Å²) < 4.78 is 2.17. The Balaban J connectivity index is 2.17. The monoisotopic (exact) mass is 207 g/mol. The smallest absolute Gasteiger partial charge is 0.0521 e. The number of rotatable bonds is 2. The highest BCUT2D eigenvalue weighted by atomic mass is 15.3. The molecule has 0 N–H and O–H groups in total. The Morgan fingerprint density at radius 3 is 2.67 bits per heavy atom. The fourth-order valence-corrected chi connectivity index (χ4v) is 2.55. The van der Waals surface area contributed by atoms with Crippen molar-refractivity contribution in [2.24, 2.45) is 0 Å². The molecular weight excluding hydrogens is 186 g/mol. The van der Waals surface area contributed by atoms with E-state index in [4.69, 9.17) is 0 Å². The van der Waals surface area contributed by atoms with E-state index >= 15 is 0 Å². The molecule has 2 rings (SSSR count). The van der Waals surface area contributed by atoms with Crippen LogP contribution in [0.5, 0.6) is 0 Å². The minimum atomic E-state index is 0.726. The molecule has 0 spiro atoms. The molecular formula is C12H21N3. The van der Waals surface area contributed by atoms with E-state index in [-0.39, 0.29) is 0 Å². The van der Waals surface area contributed by atoms with Crippen LogP contribution in [-0.4, -0.2) is 34.8 Å². The molecule has 0 aliphatic carbocycles. The first-order valence-electron chi connectivity index (χ1n) is 5.93. The van der Waals surface area contributed by atoms with Crippen LogP contribution < -0.4 is 0 Å². The second-order valence-corrected chi connectivity index (χ2v) is 4.61. The molecule has 0 unspecified atom stereocenters. The molecule has 0 aromatic carbocycles. The molecule has 3 heteroatoms. The van der Waals surface area contributed by atoms with Gasteiger partial charge in [-0.25, -0.2) is 0 Å². The summed E-state index contributed by atoms with van der Waals surface area (Å²) in [5.74, 6) is 0.726. The summed E-state index contributed by atoms with van der Waals surface area (Å²) in [6.45, 7) is 7.80. The fourth-order valence-electron chi connectivity index (χ4n) is 2.55. The highest BCUT2D eigenvalue weighted by Crippen LogP contribution is 2.29. The molecule has 3 nitrogen and oxygen atoms in total. The largest absolute Gasteiger partial charge is 0.306 e. The van der Waals surface area contributed by atoms with Gasteiger partial charge in [-0.2, -0.15) is 5.10 Å². The minimum Gasteiger partial charge on any atom is -0.306 e. The zero-order valence-corrected chi connectivity index (χ0v) is 10.0. The SMILES string of the molecule is CCn1ncc(C)c1C1CCN(C)CC1. The molecule has 0 radical (unpaired) electrons. The number of hydrogen-bond acceptors (Lipinski definition) is 2. The Labute approximate surface area is 92.1 Å². The van der Waals surface area contributed by atoms with E-state index < -0.39 is 0 Å². The summed E-state index contributed by atoms with van der Waals surface area (Å²) in [7, 11) is 2.21. The number of aromatic nitrogens is 2. The van der Waals surface area contributed by atoms with Gasteiger partial charge in [-0.05, 0) is 52.4 Å². The van der Waals surface area contributed by atoms with Crippen molar-refractivity contribution < 1.29 is 0 Å². The summed E-state index contributed by atoms with van der Waals surface area (Å²) >= 11 is 0. The number of hydrogen-bond donors (Lipinski definition) is 0. The lowest BCUT2D eigenvalue weighted by molar-refractivity contribution is 0.249. The van der Waals surface area contributed by atoms with Crippen molar-refractivity contribution in [2.75, 3.05) is 20.1 Å². The molecule has 1 aromatic heterocycles. The lowest BCUT2D eigenvalue weighted by Crippen LogP contribution is -2.30. The molecule has 0 atom stereocenters. The molecule has 15 heavy (non-hydrogen) atoms. The Hall–Kier alpha value is -0.830. The van der Waals surface area contributed by atoms with E-state index in [9.17, 15) is 0 Å². The molecule has 1 aliphatic rings. The molecule has 1 fully saturated rings. The molecule has 84 valence electrons. The average Bonchev–Trinajstić information content (AvgIpc) is 2.61. The van der Waals surface area contributed by atoms with E-state index in [1.165, 1.54) is 37.2 Å².